The molecule has 0 aliphatic carbocycles. The van der Waals surface area contributed by atoms with Crippen LogP contribution in [-0.4, -0.2) is 43.9 Å². The first-order valence-corrected chi connectivity index (χ1v) is 10.7. The predicted octanol–water partition coefficient (Wildman–Crippen LogP) is 3.61. The van der Waals surface area contributed by atoms with Gasteiger partial charge in [-0.25, -0.2) is 0 Å². The lowest BCUT2D eigenvalue weighted by atomic mass is 10.1. The monoisotopic (exact) mass is 435 g/mol. The van der Waals surface area contributed by atoms with Gasteiger partial charge >= 0.3 is 0 Å². The number of carbonyl (C=O) groups is 3. The molecule has 158 valence electrons. The zero-order valence-corrected chi connectivity index (χ0v) is 18.0. The first kappa shape index (κ1) is 20.8. The highest BCUT2D eigenvalue weighted by atomic mass is 32.2. The third-order valence-corrected chi connectivity index (χ3v) is 6.02. The van der Waals surface area contributed by atoms with Crippen molar-refractivity contribution in [3.8, 4) is 0 Å². The SMILES string of the molecule is CCCCN1C(=O)c2ccc(C(=O)Nc3ccc(Sc4nncn4C)cc3)cc2C1=O. The first-order chi connectivity index (χ1) is 15.0. The maximum atomic E-state index is 12.7. The molecule has 3 aromatic rings. The van der Waals surface area contributed by atoms with Crippen LogP contribution in [0.5, 0.6) is 0 Å². The second-order valence-corrected chi connectivity index (χ2v) is 8.22. The molecule has 0 atom stereocenters. The van der Waals surface area contributed by atoms with Crippen molar-refractivity contribution in [3.05, 3.63) is 65.5 Å². The molecule has 31 heavy (non-hydrogen) atoms. The molecule has 0 saturated carbocycles. The van der Waals surface area contributed by atoms with Gasteiger partial charge in [0.25, 0.3) is 17.7 Å². The van der Waals surface area contributed by atoms with E-state index in [0.29, 0.717) is 23.4 Å². The van der Waals surface area contributed by atoms with Gasteiger partial charge in [0, 0.05) is 29.7 Å². The van der Waals surface area contributed by atoms with E-state index in [9.17, 15) is 14.4 Å². The van der Waals surface area contributed by atoms with E-state index < -0.39 is 0 Å². The van der Waals surface area contributed by atoms with Gasteiger partial charge in [-0.3, -0.25) is 19.3 Å². The molecule has 3 amide bonds. The largest absolute Gasteiger partial charge is 0.322 e. The second kappa shape index (κ2) is 8.73. The van der Waals surface area contributed by atoms with Crippen LogP contribution in [0.3, 0.4) is 0 Å². The third-order valence-electron chi connectivity index (χ3n) is 4.96. The highest BCUT2D eigenvalue weighted by Gasteiger charge is 2.35. The predicted molar refractivity (Wildman–Crippen MR) is 116 cm³/mol. The number of imide groups is 1. The van der Waals surface area contributed by atoms with Gasteiger partial charge in [0.15, 0.2) is 5.16 Å². The minimum absolute atomic E-state index is 0.282. The van der Waals surface area contributed by atoms with Crippen LogP contribution < -0.4 is 5.32 Å². The van der Waals surface area contributed by atoms with Crippen molar-refractivity contribution < 1.29 is 14.4 Å². The van der Waals surface area contributed by atoms with Crippen molar-refractivity contribution in [2.24, 2.45) is 7.05 Å². The number of benzene rings is 2. The Kier molecular flexibility index (Phi) is 5.85. The molecular formula is C22H21N5O3S. The molecule has 8 nitrogen and oxygen atoms in total. The molecule has 1 aromatic heterocycles. The molecule has 4 rings (SSSR count). The fraction of sp³-hybridized carbons (Fsp3) is 0.227. The number of aromatic nitrogens is 3. The summed E-state index contributed by atoms with van der Waals surface area (Å²) < 4.78 is 1.82. The van der Waals surface area contributed by atoms with Crippen molar-refractivity contribution in [3.63, 3.8) is 0 Å². The Labute approximate surface area is 183 Å². The Balaban J connectivity index is 1.45. The number of carbonyl (C=O) groups excluding carboxylic acids is 3. The number of nitrogens with one attached hydrogen (secondary N) is 1. The summed E-state index contributed by atoms with van der Waals surface area (Å²) in [4.78, 5) is 40.0. The van der Waals surface area contributed by atoms with Crippen LogP contribution >= 0.6 is 11.8 Å². The molecule has 0 bridgehead atoms. The smallest absolute Gasteiger partial charge is 0.261 e. The highest BCUT2D eigenvalue weighted by Crippen LogP contribution is 2.27. The van der Waals surface area contributed by atoms with E-state index in [4.69, 9.17) is 0 Å². The molecule has 0 fully saturated rings. The van der Waals surface area contributed by atoms with Gasteiger partial charge in [-0.15, -0.1) is 10.2 Å². The van der Waals surface area contributed by atoms with Crippen molar-refractivity contribution in [2.45, 2.75) is 29.8 Å². The van der Waals surface area contributed by atoms with Gasteiger partial charge in [-0.05, 0) is 60.6 Å². The van der Waals surface area contributed by atoms with Crippen molar-refractivity contribution in [2.75, 3.05) is 11.9 Å². The number of hydrogen-bond acceptors (Lipinski definition) is 6. The standard InChI is InChI=1S/C22H21N5O3S/c1-3-4-11-27-20(29)17-10-5-14(12-18(17)21(27)30)19(28)24-15-6-8-16(9-7-15)31-22-25-23-13-26(22)2/h5-10,12-13H,3-4,11H2,1-2H3,(H,24,28). The minimum atomic E-state index is -0.344. The summed E-state index contributed by atoms with van der Waals surface area (Å²) in [6.07, 6.45) is 3.27. The van der Waals surface area contributed by atoms with Gasteiger partial charge < -0.3 is 9.88 Å². The highest BCUT2D eigenvalue weighted by molar-refractivity contribution is 7.99. The van der Waals surface area contributed by atoms with Gasteiger partial charge in [0.05, 0.1) is 11.1 Å². The molecule has 1 aliphatic rings. The van der Waals surface area contributed by atoms with E-state index in [-0.39, 0.29) is 23.3 Å². The zero-order chi connectivity index (χ0) is 22.0. The summed E-state index contributed by atoms with van der Waals surface area (Å²) in [6.45, 7) is 2.39. The van der Waals surface area contributed by atoms with Crippen LogP contribution in [-0.2, 0) is 7.05 Å². The Morgan fingerprint density at radius 2 is 1.81 bits per heavy atom. The van der Waals surface area contributed by atoms with Gasteiger partial charge in [-0.2, -0.15) is 0 Å². The summed E-state index contributed by atoms with van der Waals surface area (Å²) in [6, 6.07) is 12.0. The van der Waals surface area contributed by atoms with E-state index in [1.807, 2.05) is 30.7 Å². The molecule has 9 heteroatoms. The Hall–Kier alpha value is -3.46. The number of fused-ring (bicyclic) bond motifs is 1. The minimum Gasteiger partial charge on any atom is -0.322 e. The molecule has 1 N–H and O–H groups in total. The number of anilines is 1. The molecule has 0 radical (unpaired) electrons. The number of nitrogens with zero attached hydrogens (tertiary/aromatic N) is 4. The second-order valence-electron chi connectivity index (χ2n) is 7.18. The Bertz CT molecular complexity index is 1160. The first-order valence-electron chi connectivity index (χ1n) is 9.91. The van der Waals surface area contributed by atoms with Crippen LogP contribution in [0.25, 0.3) is 0 Å². The summed E-state index contributed by atoms with van der Waals surface area (Å²) in [5.74, 6) is -0.978. The number of unbranched alkanes of at least 4 members (excludes halogenated alkanes) is 1. The molecule has 0 spiro atoms. The third kappa shape index (κ3) is 4.22. The number of aryl methyl sites for hydroxylation is 1. The maximum Gasteiger partial charge on any atom is 0.261 e. The van der Waals surface area contributed by atoms with Crippen LogP contribution in [0, 0.1) is 0 Å². The van der Waals surface area contributed by atoms with Crippen LogP contribution in [0.2, 0.25) is 0 Å². The van der Waals surface area contributed by atoms with Gasteiger partial charge in [-0.1, -0.05) is 13.3 Å². The zero-order valence-electron chi connectivity index (χ0n) is 17.2. The van der Waals surface area contributed by atoms with E-state index in [0.717, 1.165) is 22.9 Å². The fourth-order valence-corrected chi connectivity index (χ4v) is 3.99. The molecule has 2 heterocycles. The van der Waals surface area contributed by atoms with Crippen molar-refractivity contribution >= 4 is 35.2 Å². The Morgan fingerprint density at radius 3 is 2.48 bits per heavy atom. The van der Waals surface area contributed by atoms with E-state index >= 15 is 0 Å². The summed E-state index contributed by atoms with van der Waals surface area (Å²) in [7, 11) is 1.87. The molecule has 0 saturated heterocycles. The lowest BCUT2D eigenvalue weighted by Gasteiger charge is -2.12. The van der Waals surface area contributed by atoms with E-state index in [1.54, 1.807) is 30.6 Å². The quantitative estimate of drug-likeness (QED) is 0.570. The fourth-order valence-electron chi connectivity index (χ4n) is 3.23. The normalized spacial score (nSPS) is 12.9. The van der Waals surface area contributed by atoms with Gasteiger partial charge in [0.1, 0.15) is 6.33 Å². The topological polar surface area (TPSA) is 97.2 Å². The summed E-state index contributed by atoms with van der Waals surface area (Å²) in [5.41, 5.74) is 1.58. The lowest BCUT2D eigenvalue weighted by molar-refractivity contribution is 0.0652. The Morgan fingerprint density at radius 1 is 1.06 bits per heavy atom. The molecule has 0 unspecified atom stereocenters. The van der Waals surface area contributed by atoms with Crippen LogP contribution in [0.4, 0.5) is 5.69 Å². The van der Waals surface area contributed by atoms with Crippen molar-refractivity contribution in [1.29, 1.82) is 0 Å². The average Bonchev–Trinajstić information content (AvgIpc) is 3.28. The van der Waals surface area contributed by atoms with Crippen molar-refractivity contribution in [1.82, 2.24) is 19.7 Å². The van der Waals surface area contributed by atoms with E-state index in [1.165, 1.54) is 22.7 Å². The van der Waals surface area contributed by atoms with Crippen LogP contribution in [0.1, 0.15) is 50.8 Å². The average molecular weight is 436 g/mol. The number of hydrogen-bond donors (Lipinski definition) is 1. The van der Waals surface area contributed by atoms with Gasteiger partial charge in [0.2, 0.25) is 0 Å². The number of rotatable bonds is 7. The van der Waals surface area contributed by atoms with Crippen LogP contribution in [0.15, 0.2) is 58.8 Å². The molecular weight excluding hydrogens is 414 g/mol. The summed E-state index contributed by atoms with van der Waals surface area (Å²) >= 11 is 1.47. The molecule has 2 aromatic carbocycles. The number of amides is 3. The lowest BCUT2D eigenvalue weighted by Crippen LogP contribution is -2.30. The summed E-state index contributed by atoms with van der Waals surface area (Å²) in [5, 5.41) is 11.5. The molecule has 1 aliphatic heterocycles. The van der Waals surface area contributed by atoms with E-state index in [2.05, 4.69) is 15.5 Å². The maximum absolute atomic E-state index is 12.7.